The molecule has 6 nitrogen and oxygen atoms in total. The molecule has 0 saturated carbocycles. The van der Waals surface area contributed by atoms with E-state index in [0.717, 1.165) is 33.0 Å². The molecule has 1 N–H and O–H groups in total. The number of rotatable bonds is 7. The van der Waals surface area contributed by atoms with E-state index in [1.807, 2.05) is 0 Å². The minimum absolute atomic E-state index is 0.129. The van der Waals surface area contributed by atoms with Gasteiger partial charge in [0.1, 0.15) is 18.1 Å². The Hall–Kier alpha value is -2.91. The normalized spacial score (nSPS) is 11.0. The molecule has 0 fully saturated rings. The number of nitrogens with one attached hydrogen (secondary N) is 1. The molecule has 1 amide bonds. The third-order valence-electron chi connectivity index (χ3n) is 4.18. The van der Waals surface area contributed by atoms with Gasteiger partial charge >= 0.3 is 0 Å². The highest BCUT2D eigenvalue weighted by Gasteiger charge is 2.27. The molecule has 0 aliphatic heterocycles. The van der Waals surface area contributed by atoms with Crippen molar-refractivity contribution >= 4 is 43.2 Å². The molecule has 3 rings (SSSR count). The van der Waals surface area contributed by atoms with Crippen LogP contribution in [0.4, 0.5) is 15.8 Å². The van der Waals surface area contributed by atoms with Gasteiger partial charge in [0.25, 0.3) is 10.0 Å². The van der Waals surface area contributed by atoms with Crippen molar-refractivity contribution in [3.8, 4) is 5.75 Å². The molecular formula is C21H18BrFN2O4S. The topological polar surface area (TPSA) is 75.7 Å². The molecule has 0 saturated heterocycles. The SMILES string of the molecule is COc1ccc(N(CC(=O)Nc2ccc(Br)cc2)S(=O)(=O)c2ccc(F)cc2)cc1. The fourth-order valence-electron chi connectivity index (χ4n) is 2.66. The maximum absolute atomic E-state index is 13.3. The maximum Gasteiger partial charge on any atom is 0.264 e. The highest BCUT2D eigenvalue weighted by Crippen LogP contribution is 2.26. The van der Waals surface area contributed by atoms with Crippen LogP contribution in [-0.2, 0) is 14.8 Å². The van der Waals surface area contributed by atoms with Crippen molar-refractivity contribution in [2.75, 3.05) is 23.3 Å². The summed E-state index contributed by atoms with van der Waals surface area (Å²) >= 11 is 3.31. The molecule has 0 unspecified atom stereocenters. The van der Waals surface area contributed by atoms with Crippen molar-refractivity contribution < 1.29 is 22.3 Å². The highest BCUT2D eigenvalue weighted by molar-refractivity contribution is 9.10. The van der Waals surface area contributed by atoms with Crippen molar-refractivity contribution in [2.24, 2.45) is 0 Å². The van der Waals surface area contributed by atoms with E-state index >= 15 is 0 Å². The third kappa shape index (κ3) is 5.17. The Morgan fingerprint density at radius 1 is 1.00 bits per heavy atom. The predicted octanol–water partition coefficient (Wildman–Crippen LogP) is 4.43. The number of benzene rings is 3. The van der Waals surface area contributed by atoms with E-state index in [4.69, 9.17) is 4.74 Å². The van der Waals surface area contributed by atoms with E-state index in [1.54, 1.807) is 36.4 Å². The first-order valence-corrected chi connectivity index (χ1v) is 11.0. The van der Waals surface area contributed by atoms with Gasteiger partial charge < -0.3 is 10.1 Å². The first-order valence-electron chi connectivity index (χ1n) is 8.77. The van der Waals surface area contributed by atoms with E-state index in [0.29, 0.717) is 11.4 Å². The van der Waals surface area contributed by atoms with E-state index in [2.05, 4.69) is 21.2 Å². The van der Waals surface area contributed by atoms with Gasteiger partial charge in [-0.1, -0.05) is 15.9 Å². The number of methoxy groups -OCH3 is 1. The van der Waals surface area contributed by atoms with Crippen LogP contribution in [0.15, 0.2) is 82.2 Å². The summed E-state index contributed by atoms with van der Waals surface area (Å²) in [6.07, 6.45) is 0. The summed E-state index contributed by atoms with van der Waals surface area (Å²) in [6.45, 7) is -0.470. The van der Waals surface area contributed by atoms with Gasteiger partial charge in [0.2, 0.25) is 5.91 Å². The van der Waals surface area contributed by atoms with Gasteiger partial charge in [0, 0.05) is 10.2 Å². The zero-order chi connectivity index (χ0) is 21.7. The minimum Gasteiger partial charge on any atom is -0.497 e. The summed E-state index contributed by atoms with van der Waals surface area (Å²) in [7, 11) is -2.63. The van der Waals surface area contributed by atoms with Gasteiger partial charge in [-0.3, -0.25) is 9.10 Å². The molecule has 3 aromatic rings. The molecule has 0 heterocycles. The van der Waals surface area contributed by atoms with Gasteiger partial charge in [-0.25, -0.2) is 12.8 Å². The summed E-state index contributed by atoms with van der Waals surface area (Å²) in [5.74, 6) is -0.547. The van der Waals surface area contributed by atoms with Gasteiger partial charge in [-0.2, -0.15) is 0 Å². The zero-order valence-electron chi connectivity index (χ0n) is 15.9. The van der Waals surface area contributed by atoms with Crippen LogP contribution in [0.25, 0.3) is 0 Å². The molecule has 0 spiro atoms. The number of ether oxygens (including phenoxy) is 1. The number of carbonyl (C=O) groups excluding carboxylic acids is 1. The van der Waals surface area contributed by atoms with Crippen molar-refractivity contribution in [2.45, 2.75) is 4.90 Å². The minimum atomic E-state index is -4.13. The number of amides is 1. The van der Waals surface area contributed by atoms with E-state index in [1.165, 1.54) is 19.2 Å². The van der Waals surface area contributed by atoms with Crippen LogP contribution in [0.3, 0.4) is 0 Å². The van der Waals surface area contributed by atoms with Crippen LogP contribution >= 0.6 is 15.9 Å². The molecule has 30 heavy (non-hydrogen) atoms. The maximum atomic E-state index is 13.3. The third-order valence-corrected chi connectivity index (χ3v) is 6.49. The standard InChI is InChI=1S/C21H18BrFN2O4S/c1-29-19-10-8-18(9-11-19)25(30(27,28)20-12-4-16(23)5-13-20)14-21(26)24-17-6-2-15(22)3-7-17/h2-13H,14H2,1H3,(H,24,26). The predicted molar refractivity (Wildman–Crippen MR) is 117 cm³/mol. The van der Waals surface area contributed by atoms with Gasteiger partial charge in [-0.05, 0) is 72.8 Å². The lowest BCUT2D eigenvalue weighted by molar-refractivity contribution is -0.114. The Labute approximate surface area is 182 Å². The van der Waals surface area contributed by atoms with Crippen molar-refractivity contribution in [3.05, 3.63) is 83.1 Å². The fraction of sp³-hybridized carbons (Fsp3) is 0.0952. The average Bonchev–Trinajstić information content (AvgIpc) is 2.74. The second-order valence-electron chi connectivity index (χ2n) is 6.22. The Morgan fingerprint density at radius 2 is 1.60 bits per heavy atom. The number of hydrogen-bond acceptors (Lipinski definition) is 4. The molecule has 9 heteroatoms. The quantitative estimate of drug-likeness (QED) is 0.529. The molecule has 3 aromatic carbocycles. The van der Waals surface area contributed by atoms with Crippen LogP contribution < -0.4 is 14.4 Å². The molecule has 156 valence electrons. The molecule has 0 atom stereocenters. The van der Waals surface area contributed by atoms with Crippen molar-refractivity contribution in [1.82, 2.24) is 0 Å². The van der Waals surface area contributed by atoms with Crippen LogP contribution in [0.1, 0.15) is 0 Å². The van der Waals surface area contributed by atoms with Crippen LogP contribution in [0.2, 0.25) is 0 Å². The highest BCUT2D eigenvalue weighted by atomic mass is 79.9. The second kappa shape index (κ2) is 9.27. The molecular weight excluding hydrogens is 475 g/mol. The first kappa shape index (κ1) is 21.8. The first-order chi connectivity index (χ1) is 14.3. The fourth-order valence-corrected chi connectivity index (χ4v) is 4.35. The van der Waals surface area contributed by atoms with Crippen LogP contribution in [0.5, 0.6) is 5.75 Å². The summed E-state index contributed by atoms with van der Waals surface area (Å²) in [6, 6.07) is 17.6. The summed E-state index contributed by atoms with van der Waals surface area (Å²) in [5.41, 5.74) is 0.795. The van der Waals surface area contributed by atoms with E-state index < -0.39 is 28.3 Å². The number of sulfonamides is 1. The Morgan fingerprint density at radius 3 is 2.17 bits per heavy atom. The number of carbonyl (C=O) groups is 1. The van der Waals surface area contributed by atoms with E-state index in [-0.39, 0.29) is 10.6 Å². The van der Waals surface area contributed by atoms with Gasteiger partial charge in [-0.15, -0.1) is 0 Å². The Kier molecular flexibility index (Phi) is 6.73. The zero-order valence-corrected chi connectivity index (χ0v) is 18.3. The average molecular weight is 493 g/mol. The molecule has 0 radical (unpaired) electrons. The smallest absolute Gasteiger partial charge is 0.264 e. The monoisotopic (exact) mass is 492 g/mol. The van der Waals surface area contributed by atoms with E-state index in [9.17, 15) is 17.6 Å². The van der Waals surface area contributed by atoms with Crippen molar-refractivity contribution in [1.29, 1.82) is 0 Å². The number of anilines is 2. The summed E-state index contributed by atoms with van der Waals surface area (Å²) in [5, 5.41) is 2.67. The van der Waals surface area contributed by atoms with Gasteiger partial charge in [0.15, 0.2) is 0 Å². The largest absolute Gasteiger partial charge is 0.497 e. The van der Waals surface area contributed by atoms with Gasteiger partial charge in [0.05, 0.1) is 17.7 Å². The Balaban J connectivity index is 1.93. The molecule has 0 aliphatic rings. The number of hydrogen-bond donors (Lipinski definition) is 1. The van der Waals surface area contributed by atoms with Crippen LogP contribution in [0, 0.1) is 5.82 Å². The van der Waals surface area contributed by atoms with Crippen LogP contribution in [-0.4, -0.2) is 28.0 Å². The Bertz CT molecular complexity index is 1120. The molecule has 0 aliphatic carbocycles. The lowest BCUT2D eigenvalue weighted by atomic mass is 10.3. The lowest BCUT2D eigenvalue weighted by Gasteiger charge is -2.24. The lowest BCUT2D eigenvalue weighted by Crippen LogP contribution is -2.38. The second-order valence-corrected chi connectivity index (χ2v) is 9.00. The summed E-state index contributed by atoms with van der Waals surface area (Å²) < 4.78 is 46.6. The molecule has 0 aromatic heterocycles. The van der Waals surface area contributed by atoms with Crippen molar-refractivity contribution in [3.63, 3.8) is 0 Å². The number of nitrogens with zero attached hydrogens (tertiary/aromatic N) is 1. The summed E-state index contributed by atoms with van der Waals surface area (Å²) in [4.78, 5) is 12.5. The molecule has 0 bridgehead atoms. The number of halogens is 2.